The van der Waals surface area contributed by atoms with Crippen molar-refractivity contribution in [3.8, 4) is 5.75 Å². The second-order valence-corrected chi connectivity index (χ2v) is 7.23. The van der Waals surface area contributed by atoms with Gasteiger partial charge in [-0.25, -0.2) is 4.21 Å². The van der Waals surface area contributed by atoms with Crippen molar-refractivity contribution in [3.05, 3.63) is 24.0 Å². The summed E-state index contributed by atoms with van der Waals surface area (Å²) in [4.78, 5) is 3.96. The standard InChI is InChI=1S/C13H17F3N2O2S/c1-9(18-21(19)12(2,3)4)11-6-5-10(7-17-11)20-8-13(14,15)16/h5-7H,8H2,1-4H3. The zero-order valence-corrected chi connectivity index (χ0v) is 13.0. The highest BCUT2D eigenvalue weighted by Gasteiger charge is 2.28. The summed E-state index contributed by atoms with van der Waals surface area (Å²) in [6.45, 7) is 5.65. The number of nitrogens with zero attached hydrogens (tertiary/aromatic N) is 2. The lowest BCUT2D eigenvalue weighted by Crippen LogP contribution is -2.21. The van der Waals surface area contributed by atoms with Gasteiger partial charge in [0.05, 0.1) is 22.3 Å². The molecule has 0 aliphatic rings. The molecule has 1 unspecified atom stereocenters. The predicted molar refractivity (Wildman–Crippen MR) is 75.9 cm³/mol. The summed E-state index contributed by atoms with van der Waals surface area (Å²) < 4.78 is 56.0. The van der Waals surface area contributed by atoms with Crippen molar-refractivity contribution in [1.29, 1.82) is 0 Å². The molecule has 1 heterocycles. The molecule has 0 fully saturated rings. The van der Waals surface area contributed by atoms with Gasteiger partial charge < -0.3 is 4.74 Å². The molecule has 8 heteroatoms. The molecule has 0 amide bonds. The Balaban J connectivity index is 2.78. The van der Waals surface area contributed by atoms with E-state index in [-0.39, 0.29) is 5.75 Å². The Morgan fingerprint density at radius 1 is 1.33 bits per heavy atom. The summed E-state index contributed by atoms with van der Waals surface area (Å²) in [5.74, 6) is 0.0146. The van der Waals surface area contributed by atoms with Gasteiger partial charge >= 0.3 is 6.18 Å². The molecule has 0 aliphatic heterocycles. The average molecular weight is 322 g/mol. The number of hydrogen-bond acceptors (Lipinski definition) is 3. The third-order valence-electron chi connectivity index (χ3n) is 2.25. The average Bonchev–Trinajstić information content (AvgIpc) is 2.35. The van der Waals surface area contributed by atoms with Crippen LogP contribution in [0, 0.1) is 0 Å². The van der Waals surface area contributed by atoms with Gasteiger partial charge in [0.1, 0.15) is 16.7 Å². The Labute approximate surface area is 124 Å². The lowest BCUT2D eigenvalue weighted by Gasteiger charge is -2.14. The van der Waals surface area contributed by atoms with E-state index in [2.05, 4.69) is 14.1 Å². The second kappa shape index (κ2) is 6.55. The number of rotatable bonds is 4. The van der Waals surface area contributed by atoms with Crippen LogP contribution in [0.25, 0.3) is 0 Å². The monoisotopic (exact) mass is 322 g/mol. The van der Waals surface area contributed by atoms with Crippen molar-refractivity contribution in [3.63, 3.8) is 0 Å². The molecule has 0 aliphatic carbocycles. The van der Waals surface area contributed by atoms with Crippen molar-refractivity contribution in [2.75, 3.05) is 6.61 Å². The minimum absolute atomic E-state index is 0.0146. The summed E-state index contributed by atoms with van der Waals surface area (Å²) in [5.41, 5.74) is 0.887. The van der Waals surface area contributed by atoms with Crippen LogP contribution in [0.1, 0.15) is 33.4 Å². The van der Waals surface area contributed by atoms with Gasteiger partial charge in [0.2, 0.25) is 0 Å². The van der Waals surface area contributed by atoms with E-state index in [1.165, 1.54) is 18.3 Å². The van der Waals surface area contributed by atoms with E-state index >= 15 is 0 Å². The Kier molecular flexibility index (Phi) is 5.49. The first-order chi connectivity index (χ1) is 9.49. The molecule has 0 saturated carbocycles. The molecule has 0 radical (unpaired) electrons. The van der Waals surface area contributed by atoms with Crippen LogP contribution < -0.4 is 4.74 Å². The van der Waals surface area contributed by atoms with Crippen LogP contribution in [-0.4, -0.2) is 32.4 Å². The van der Waals surface area contributed by atoms with Gasteiger partial charge in [-0.1, -0.05) is 0 Å². The molecular weight excluding hydrogens is 305 g/mol. The molecule has 0 bridgehead atoms. The summed E-state index contributed by atoms with van der Waals surface area (Å²) >= 11 is 0. The van der Waals surface area contributed by atoms with Crippen LogP contribution in [0.4, 0.5) is 13.2 Å². The Bertz CT molecular complexity index is 534. The number of aromatic nitrogens is 1. The van der Waals surface area contributed by atoms with E-state index in [0.29, 0.717) is 11.4 Å². The molecule has 4 nitrogen and oxygen atoms in total. The van der Waals surface area contributed by atoms with Crippen LogP contribution in [0.15, 0.2) is 22.7 Å². The topological polar surface area (TPSA) is 51.5 Å². The molecule has 21 heavy (non-hydrogen) atoms. The van der Waals surface area contributed by atoms with E-state index in [0.717, 1.165) is 0 Å². The first-order valence-corrected chi connectivity index (χ1v) is 7.23. The van der Waals surface area contributed by atoms with Crippen LogP contribution in [-0.2, 0) is 11.0 Å². The van der Waals surface area contributed by atoms with Gasteiger partial charge in [0.15, 0.2) is 6.61 Å². The van der Waals surface area contributed by atoms with E-state index in [9.17, 15) is 17.4 Å². The molecule has 1 atom stereocenters. The minimum Gasteiger partial charge on any atom is -0.483 e. The van der Waals surface area contributed by atoms with Gasteiger partial charge in [-0.3, -0.25) is 4.98 Å². The molecule has 0 saturated heterocycles. The number of halogens is 3. The summed E-state index contributed by atoms with van der Waals surface area (Å²) in [5, 5.41) is 0. The molecule has 1 aromatic rings. The Morgan fingerprint density at radius 3 is 2.38 bits per heavy atom. The minimum atomic E-state index is -4.39. The third kappa shape index (κ3) is 6.24. The highest BCUT2D eigenvalue weighted by atomic mass is 32.2. The quantitative estimate of drug-likeness (QED) is 0.799. The lowest BCUT2D eigenvalue weighted by atomic mass is 10.2. The maximum atomic E-state index is 12.0. The van der Waals surface area contributed by atoms with Crippen molar-refractivity contribution >= 4 is 16.7 Å². The number of pyridine rings is 1. The summed E-state index contributed by atoms with van der Waals surface area (Å²) in [7, 11) is -1.42. The van der Waals surface area contributed by atoms with Crippen molar-refractivity contribution in [2.24, 2.45) is 4.40 Å². The molecule has 1 aromatic heterocycles. The Morgan fingerprint density at radius 2 is 1.95 bits per heavy atom. The fraction of sp³-hybridized carbons (Fsp3) is 0.538. The van der Waals surface area contributed by atoms with E-state index in [1.807, 2.05) is 0 Å². The lowest BCUT2D eigenvalue weighted by molar-refractivity contribution is -0.153. The first kappa shape index (κ1) is 17.6. The van der Waals surface area contributed by atoms with Crippen LogP contribution in [0.5, 0.6) is 5.75 Å². The normalized spacial score (nSPS) is 14.9. The molecule has 1 rings (SSSR count). The maximum absolute atomic E-state index is 12.0. The highest BCUT2D eigenvalue weighted by Crippen LogP contribution is 2.18. The summed E-state index contributed by atoms with van der Waals surface area (Å²) in [6.07, 6.45) is -3.21. The van der Waals surface area contributed by atoms with Crippen molar-refractivity contribution < 1.29 is 22.1 Å². The second-order valence-electron chi connectivity index (χ2n) is 5.32. The predicted octanol–water partition coefficient (Wildman–Crippen LogP) is 3.29. The molecular formula is C13H17F3N2O2S. The van der Waals surface area contributed by atoms with Gasteiger partial charge in [-0.05, 0) is 39.8 Å². The molecule has 0 aromatic carbocycles. The van der Waals surface area contributed by atoms with Crippen molar-refractivity contribution in [2.45, 2.75) is 38.6 Å². The molecule has 0 spiro atoms. The van der Waals surface area contributed by atoms with E-state index < -0.39 is 28.5 Å². The number of ether oxygens (including phenoxy) is 1. The smallest absolute Gasteiger partial charge is 0.422 e. The fourth-order valence-corrected chi connectivity index (χ4v) is 1.77. The van der Waals surface area contributed by atoms with E-state index in [1.54, 1.807) is 27.7 Å². The maximum Gasteiger partial charge on any atom is 0.422 e. The largest absolute Gasteiger partial charge is 0.483 e. The molecule has 118 valence electrons. The SMILES string of the molecule is CC(=NS(=O)C(C)(C)C)c1ccc(OCC(F)(F)F)cn1. The molecule has 0 N–H and O–H groups in total. The van der Waals surface area contributed by atoms with Gasteiger partial charge in [-0.15, -0.1) is 0 Å². The van der Waals surface area contributed by atoms with Gasteiger partial charge in [-0.2, -0.15) is 17.6 Å². The first-order valence-electron chi connectivity index (χ1n) is 6.12. The highest BCUT2D eigenvalue weighted by molar-refractivity contribution is 7.85. The van der Waals surface area contributed by atoms with E-state index in [4.69, 9.17) is 0 Å². The number of hydrogen-bond donors (Lipinski definition) is 0. The van der Waals surface area contributed by atoms with Crippen LogP contribution >= 0.6 is 0 Å². The Hall–Kier alpha value is -1.44. The zero-order valence-electron chi connectivity index (χ0n) is 12.2. The van der Waals surface area contributed by atoms with Crippen LogP contribution in [0.2, 0.25) is 0 Å². The third-order valence-corrected chi connectivity index (χ3v) is 3.74. The number of alkyl halides is 3. The zero-order chi connectivity index (χ0) is 16.3. The van der Waals surface area contributed by atoms with Gasteiger partial charge in [0.25, 0.3) is 0 Å². The van der Waals surface area contributed by atoms with Gasteiger partial charge in [0, 0.05) is 0 Å². The van der Waals surface area contributed by atoms with Crippen LogP contribution in [0.3, 0.4) is 0 Å². The van der Waals surface area contributed by atoms with Crippen molar-refractivity contribution in [1.82, 2.24) is 4.98 Å². The fourth-order valence-electron chi connectivity index (χ4n) is 1.15. The summed E-state index contributed by atoms with van der Waals surface area (Å²) in [6, 6.07) is 2.84.